The van der Waals surface area contributed by atoms with E-state index in [1.807, 2.05) is 6.07 Å². The first-order valence-electron chi connectivity index (χ1n) is 8.05. The van der Waals surface area contributed by atoms with Gasteiger partial charge in [-0.15, -0.1) is 0 Å². The number of aromatic carboxylic acids is 1. The number of aromatic nitrogens is 2. The Bertz CT molecular complexity index is 724. The molecular weight excluding hydrogens is 330 g/mol. The second-order valence-corrected chi connectivity index (χ2v) is 6.62. The van der Waals surface area contributed by atoms with Crippen LogP contribution in [0.25, 0.3) is 0 Å². The quantitative estimate of drug-likeness (QED) is 0.893. The number of likely N-dealkylation sites (tertiary alicyclic amines) is 1. The lowest BCUT2D eigenvalue weighted by atomic mass is 9.93. The number of halogens is 1. The first kappa shape index (κ1) is 16.9. The van der Waals surface area contributed by atoms with Crippen LogP contribution in [-0.2, 0) is 13.0 Å². The first-order valence-corrected chi connectivity index (χ1v) is 8.43. The Morgan fingerprint density at radius 3 is 2.79 bits per heavy atom. The zero-order valence-corrected chi connectivity index (χ0v) is 14.3. The molecule has 1 saturated heterocycles. The van der Waals surface area contributed by atoms with Gasteiger partial charge < -0.3 is 9.63 Å². The lowest BCUT2D eigenvalue weighted by Crippen LogP contribution is -2.34. The van der Waals surface area contributed by atoms with Crippen molar-refractivity contribution in [2.75, 3.05) is 13.1 Å². The van der Waals surface area contributed by atoms with Crippen molar-refractivity contribution in [3.63, 3.8) is 0 Å². The molecule has 6 nitrogen and oxygen atoms in total. The summed E-state index contributed by atoms with van der Waals surface area (Å²) in [6, 6.07) is 5.17. The molecule has 128 valence electrons. The average molecular weight is 350 g/mol. The minimum Gasteiger partial charge on any atom is -0.478 e. The van der Waals surface area contributed by atoms with E-state index in [0.717, 1.165) is 43.7 Å². The summed E-state index contributed by atoms with van der Waals surface area (Å²) in [6.45, 7) is 4.38. The van der Waals surface area contributed by atoms with Gasteiger partial charge in [0.2, 0.25) is 5.89 Å². The van der Waals surface area contributed by atoms with E-state index in [2.05, 4.69) is 15.0 Å². The maximum Gasteiger partial charge on any atom is 0.337 e. The Hall–Kier alpha value is -1.92. The van der Waals surface area contributed by atoms with E-state index in [1.54, 1.807) is 13.0 Å². The third-order valence-corrected chi connectivity index (χ3v) is 4.90. The molecule has 0 unspecified atom stereocenters. The summed E-state index contributed by atoms with van der Waals surface area (Å²) in [7, 11) is 0. The number of carboxylic acids is 1. The molecule has 0 atom stereocenters. The number of carboxylic acid groups (broad SMARTS) is 1. The lowest BCUT2D eigenvalue weighted by Gasteiger charge is -2.31. The molecular formula is C17H20ClN3O3. The van der Waals surface area contributed by atoms with Crippen LogP contribution in [0, 0.1) is 12.8 Å². The standard InChI is InChI=1S/C17H20ClN3O3/c1-11-19-15(20-24-11)9-12-5-7-21(8-6-12)10-13-3-2-4-14(16(13)18)17(22)23/h2-4,12H,5-10H2,1H3,(H,22,23). The predicted octanol–water partition coefficient (Wildman–Crippen LogP) is 3.18. The number of rotatable bonds is 5. The summed E-state index contributed by atoms with van der Waals surface area (Å²) in [6.07, 6.45) is 2.97. The number of nitrogens with zero attached hydrogens (tertiary/aromatic N) is 3. The molecule has 2 heterocycles. The highest BCUT2D eigenvalue weighted by Crippen LogP contribution is 2.26. The fourth-order valence-corrected chi connectivity index (χ4v) is 3.41. The second kappa shape index (κ2) is 7.32. The molecule has 1 aliphatic heterocycles. The van der Waals surface area contributed by atoms with Crippen LogP contribution in [0.5, 0.6) is 0 Å². The number of piperidine rings is 1. The molecule has 7 heteroatoms. The van der Waals surface area contributed by atoms with E-state index in [4.69, 9.17) is 21.2 Å². The van der Waals surface area contributed by atoms with Gasteiger partial charge in [0.15, 0.2) is 5.82 Å². The highest BCUT2D eigenvalue weighted by atomic mass is 35.5. The summed E-state index contributed by atoms with van der Waals surface area (Å²) in [5.74, 6) is 0.952. The van der Waals surface area contributed by atoms with Gasteiger partial charge in [-0.05, 0) is 43.5 Å². The molecule has 24 heavy (non-hydrogen) atoms. The maximum absolute atomic E-state index is 11.2. The zero-order chi connectivity index (χ0) is 17.1. The maximum atomic E-state index is 11.2. The number of aryl methyl sites for hydroxylation is 1. The fourth-order valence-electron chi connectivity index (χ4n) is 3.14. The molecule has 2 aromatic rings. The van der Waals surface area contributed by atoms with Crippen LogP contribution in [0.2, 0.25) is 5.02 Å². The molecule has 0 spiro atoms. The smallest absolute Gasteiger partial charge is 0.337 e. The van der Waals surface area contributed by atoms with Gasteiger partial charge in [0, 0.05) is 19.9 Å². The molecule has 1 aliphatic rings. The normalized spacial score (nSPS) is 16.4. The van der Waals surface area contributed by atoms with E-state index < -0.39 is 5.97 Å². The number of hydrogen-bond donors (Lipinski definition) is 1. The monoisotopic (exact) mass is 349 g/mol. The van der Waals surface area contributed by atoms with Crippen molar-refractivity contribution < 1.29 is 14.4 Å². The van der Waals surface area contributed by atoms with Gasteiger partial charge >= 0.3 is 5.97 Å². The van der Waals surface area contributed by atoms with Crippen molar-refractivity contribution in [1.82, 2.24) is 15.0 Å². The third-order valence-electron chi connectivity index (χ3n) is 4.45. The van der Waals surface area contributed by atoms with Crippen molar-refractivity contribution in [1.29, 1.82) is 0 Å². The highest BCUT2D eigenvalue weighted by molar-refractivity contribution is 6.34. The molecule has 1 aromatic heterocycles. The van der Waals surface area contributed by atoms with E-state index >= 15 is 0 Å². The topological polar surface area (TPSA) is 79.5 Å². The fraction of sp³-hybridized carbons (Fsp3) is 0.471. The van der Waals surface area contributed by atoms with Crippen molar-refractivity contribution >= 4 is 17.6 Å². The van der Waals surface area contributed by atoms with Gasteiger partial charge in [0.25, 0.3) is 0 Å². The summed E-state index contributed by atoms with van der Waals surface area (Å²) in [4.78, 5) is 17.7. The van der Waals surface area contributed by atoms with Gasteiger partial charge in [-0.2, -0.15) is 4.98 Å². The summed E-state index contributed by atoms with van der Waals surface area (Å²) in [5.41, 5.74) is 1.03. The molecule has 1 N–H and O–H groups in total. The molecule has 0 saturated carbocycles. The van der Waals surface area contributed by atoms with Crippen molar-refractivity contribution in [3.05, 3.63) is 46.1 Å². The Balaban J connectivity index is 1.56. The zero-order valence-electron chi connectivity index (χ0n) is 13.5. The minimum absolute atomic E-state index is 0.163. The largest absolute Gasteiger partial charge is 0.478 e. The molecule has 0 bridgehead atoms. The first-order chi connectivity index (χ1) is 11.5. The third kappa shape index (κ3) is 3.94. The van der Waals surface area contributed by atoms with Crippen molar-refractivity contribution in [3.8, 4) is 0 Å². The number of carbonyl (C=O) groups is 1. The van der Waals surface area contributed by atoms with Gasteiger partial charge in [-0.25, -0.2) is 4.79 Å². The van der Waals surface area contributed by atoms with Crippen LogP contribution in [0.15, 0.2) is 22.7 Å². The Morgan fingerprint density at radius 1 is 1.42 bits per heavy atom. The predicted molar refractivity (Wildman–Crippen MR) is 89.2 cm³/mol. The van der Waals surface area contributed by atoms with Gasteiger partial charge in [0.05, 0.1) is 10.6 Å². The summed E-state index contributed by atoms with van der Waals surface area (Å²) >= 11 is 6.23. The van der Waals surface area contributed by atoms with E-state index in [-0.39, 0.29) is 5.56 Å². The van der Waals surface area contributed by atoms with E-state index in [0.29, 0.717) is 23.4 Å². The molecule has 1 aromatic carbocycles. The number of benzene rings is 1. The summed E-state index contributed by atoms with van der Waals surface area (Å²) < 4.78 is 5.02. The van der Waals surface area contributed by atoms with E-state index in [9.17, 15) is 4.79 Å². The minimum atomic E-state index is -0.990. The van der Waals surface area contributed by atoms with Crippen LogP contribution in [-0.4, -0.2) is 39.2 Å². The molecule has 0 aliphatic carbocycles. The lowest BCUT2D eigenvalue weighted by molar-refractivity contribution is 0.0697. The van der Waals surface area contributed by atoms with Gasteiger partial charge in [0.1, 0.15) is 0 Å². The molecule has 3 rings (SSSR count). The van der Waals surface area contributed by atoms with Crippen LogP contribution in [0.3, 0.4) is 0 Å². The van der Waals surface area contributed by atoms with E-state index in [1.165, 1.54) is 6.07 Å². The van der Waals surface area contributed by atoms with Crippen LogP contribution in [0.4, 0.5) is 0 Å². The SMILES string of the molecule is Cc1nc(CC2CCN(Cc3cccc(C(=O)O)c3Cl)CC2)no1. The molecule has 1 fully saturated rings. The van der Waals surface area contributed by atoms with Crippen LogP contribution in [0.1, 0.15) is 40.5 Å². The Kier molecular flexibility index (Phi) is 5.16. The molecule has 0 radical (unpaired) electrons. The van der Waals surface area contributed by atoms with Crippen molar-refractivity contribution in [2.45, 2.75) is 32.7 Å². The van der Waals surface area contributed by atoms with Crippen molar-refractivity contribution in [2.24, 2.45) is 5.92 Å². The van der Waals surface area contributed by atoms with Gasteiger partial charge in [-0.1, -0.05) is 28.9 Å². The molecule has 0 amide bonds. The Morgan fingerprint density at radius 2 is 2.17 bits per heavy atom. The second-order valence-electron chi connectivity index (χ2n) is 6.24. The number of hydrogen-bond acceptors (Lipinski definition) is 5. The van der Waals surface area contributed by atoms with Crippen LogP contribution >= 0.6 is 11.6 Å². The Labute approximate surface area is 145 Å². The highest BCUT2D eigenvalue weighted by Gasteiger charge is 2.22. The van der Waals surface area contributed by atoms with Gasteiger partial charge in [-0.3, -0.25) is 4.90 Å². The average Bonchev–Trinajstić information content (AvgIpc) is 2.96. The summed E-state index contributed by atoms with van der Waals surface area (Å²) in [5, 5.41) is 13.5. The van der Waals surface area contributed by atoms with Crippen LogP contribution < -0.4 is 0 Å².